The highest BCUT2D eigenvalue weighted by molar-refractivity contribution is 5.71. The Morgan fingerprint density at radius 3 is 2.86 bits per heavy atom. The molecule has 0 aromatic heterocycles. The van der Waals surface area contributed by atoms with Gasteiger partial charge in [-0.15, -0.1) is 0 Å². The van der Waals surface area contributed by atoms with Crippen molar-refractivity contribution in [2.45, 2.75) is 6.92 Å². The molecule has 0 radical (unpaired) electrons. The molecule has 0 saturated heterocycles. The normalized spacial score (nSPS) is 28.4. The first-order chi connectivity index (χ1) is 3.39. The van der Waals surface area contributed by atoms with Crippen molar-refractivity contribution >= 4 is 6.21 Å². The summed E-state index contributed by atoms with van der Waals surface area (Å²) in [4.78, 5) is 4.05. The highest BCUT2D eigenvalue weighted by Gasteiger charge is 1.94. The summed E-state index contributed by atoms with van der Waals surface area (Å²) in [6.45, 7) is 3.13. The molecule has 1 aliphatic rings. The number of hydrogen-bond donors (Lipinski definition) is 0. The van der Waals surface area contributed by atoms with Gasteiger partial charge in [-0.05, 0) is 12.0 Å². The third kappa shape index (κ3) is 1.15. The Hall–Kier alpha value is -0.590. The van der Waals surface area contributed by atoms with Crippen molar-refractivity contribution < 1.29 is 0 Å². The maximum Gasteiger partial charge on any atom is 0.0449 e. The lowest BCUT2D eigenvalue weighted by atomic mass is 10.1. The zero-order valence-electron chi connectivity index (χ0n) is 4.46. The number of dihydropyridines is 1. The largest absolute Gasteiger partial charge is 0.293 e. The van der Waals surface area contributed by atoms with Gasteiger partial charge in [0.1, 0.15) is 0 Å². The topological polar surface area (TPSA) is 12.4 Å². The van der Waals surface area contributed by atoms with Crippen molar-refractivity contribution in [3.63, 3.8) is 0 Å². The lowest BCUT2D eigenvalue weighted by molar-refractivity contribution is 0.737. The maximum absolute atomic E-state index is 4.05. The Morgan fingerprint density at radius 2 is 2.57 bits per heavy atom. The number of rotatable bonds is 0. The Bertz CT molecular complexity index is 103. The predicted octanol–water partition coefficient (Wildman–Crippen LogP) is 1.26. The van der Waals surface area contributed by atoms with Crippen molar-refractivity contribution in [3.05, 3.63) is 12.2 Å². The molecule has 1 unspecified atom stereocenters. The lowest BCUT2D eigenvalue weighted by Gasteiger charge is -2.01. The molecule has 0 fully saturated rings. The predicted molar refractivity (Wildman–Crippen MR) is 31.7 cm³/mol. The summed E-state index contributed by atoms with van der Waals surface area (Å²) in [6, 6.07) is 0. The Balaban J connectivity index is 2.49. The van der Waals surface area contributed by atoms with Crippen molar-refractivity contribution in [2.75, 3.05) is 6.54 Å². The van der Waals surface area contributed by atoms with E-state index in [2.05, 4.69) is 18.0 Å². The van der Waals surface area contributed by atoms with E-state index in [-0.39, 0.29) is 0 Å². The van der Waals surface area contributed by atoms with E-state index < -0.39 is 0 Å². The van der Waals surface area contributed by atoms with E-state index in [0.29, 0.717) is 5.92 Å². The molecule has 1 nitrogen and oxygen atoms in total. The number of nitrogens with zero attached hydrogens (tertiary/aromatic N) is 1. The number of aliphatic imine (C=N–C) groups is 1. The number of allylic oxidation sites excluding steroid dienone is 1. The van der Waals surface area contributed by atoms with Gasteiger partial charge in [-0.1, -0.05) is 13.0 Å². The van der Waals surface area contributed by atoms with E-state index in [1.165, 1.54) is 0 Å². The van der Waals surface area contributed by atoms with Gasteiger partial charge in [0, 0.05) is 12.8 Å². The third-order valence-corrected chi connectivity index (χ3v) is 1.02. The van der Waals surface area contributed by atoms with E-state index in [0.717, 1.165) is 6.54 Å². The average molecular weight is 95.1 g/mol. The van der Waals surface area contributed by atoms with Gasteiger partial charge in [0.25, 0.3) is 0 Å². The SMILES string of the molecule is CC1C=CC=NC1. The molecule has 0 aliphatic carbocycles. The van der Waals surface area contributed by atoms with Crippen LogP contribution in [-0.2, 0) is 0 Å². The summed E-state index contributed by atoms with van der Waals surface area (Å²) in [6.07, 6.45) is 6.00. The van der Waals surface area contributed by atoms with Crippen LogP contribution in [0.5, 0.6) is 0 Å². The molecule has 0 bridgehead atoms. The van der Waals surface area contributed by atoms with Crippen LogP contribution in [0, 0.1) is 5.92 Å². The van der Waals surface area contributed by atoms with Crippen LogP contribution in [0.15, 0.2) is 17.1 Å². The summed E-state index contributed by atoms with van der Waals surface area (Å²) >= 11 is 0. The first-order valence-electron chi connectivity index (χ1n) is 2.56. The van der Waals surface area contributed by atoms with Crippen LogP contribution in [0.25, 0.3) is 0 Å². The first kappa shape index (κ1) is 4.57. The monoisotopic (exact) mass is 95.1 g/mol. The zero-order valence-corrected chi connectivity index (χ0v) is 4.46. The van der Waals surface area contributed by atoms with Crippen LogP contribution in [0.3, 0.4) is 0 Å². The summed E-state index contributed by atoms with van der Waals surface area (Å²) in [5, 5.41) is 0. The highest BCUT2D eigenvalue weighted by atomic mass is 14.7. The minimum atomic E-state index is 0.657. The second kappa shape index (κ2) is 1.92. The van der Waals surface area contributed by atoms with Crippen LogP contribution in [0.1, 0.15) is 6.92 Å². The molecule has 1 heteroatoms. The lowest BCUT2D eigenvalue weighted by Crippen LogP contribution is -1.97. The molecule has 0 aromatic rings. The van der Waals surface area contributed by atoms with Gasteiger partial charge in [-0.3, -0.25) is 4.99 Å². The van der Waals surface area contributed by atoms with Crippen LogP contribution >= 0.6 is 0 Å². The van der Waals surface area contributed by atoms with E-state index in [9.17, 15) is 0 Å². The first-order valence-corrected chi connectivity index (χ1v) is 2.56. The third-order valence-electron chi connectivity index (χ3n) is 1.02. The van der Waals surface area contributed by atoms with Gasteiger partial charge >= 0.3 is 0 Å². The molecule has 0 N–H and O–H groups in total. The standard InChI is InChI=1S/C6H9N/c1-6-3-2-4-7-5-6/h2-4,6H,5H2,1H3. The van der Waals surface area contributed by atoms with Crippen LogP contribution in [0.4, 0.5) is 0 Å². The van der Waals surface area contributed by atoms with Crippen LogP contribution in [0.2, 0.25) is 0 Å². The van der Waals surface area contributed by atoms with E-state index >= 15 is 0 Å². The Labute approximate surface area is 43.8 Å². The Kier molecular flexibility index (Phi) is 1.25. The fourth-order valence-electron chi connectivity index (χ4n) is 0.588. The summed E-state index contributed by atoms with van der Waals surface area (Å²) in [7, 11) is 0. The summed E-state index contributed by atoms with van der Waals surface area (Å²) in [5.41, 5.74) is 0. The molecule has 0 amide bonds. The van der Waals surface area contributed by atoms with Crippen LogP contribution < -0.4 is 0 Å². The molecular formula is C6H9N. The molecule has 1 atom stereocenters. The van der Waals surface area contributed by atoms with Crippen molar-refractivity contribution in [1.82, 2.24) is 0 Å². The minimum absolute atomic E-state index is 0.657. The van der Waals surface area contributed by atoms with Gasteiger partial charge in [0.15, 0.2) is 0 Å². The Morgan fingerprint density at radius 1 is 1.71 bits per heavy atom. The molecule has 7 heavy (non-hydrogen) atoms. The van der Waals surface area contributed by atoms with Gasteiger partial charge in [0.2, 0.25) is 0 Å². The minimum Gasteiger partial charge on any atom is -0.293 e. The number of hydrogen-bond acceptors (Lipinski definition) is 1. The van der Waals surface area contributed by atoms with Gasteiger partial charge in [0.05, 0.1) is 0 Å². The van der Waals surface area contributed by atoms with E-state index in [1.807, 2.05) is 12.3 Å². The molecule has 1 aliphatic heterocycles. The summed E-state index contributed by atoms with van der Waals surface area (Å²) < 4.78 is 0. The van der Waals surface area contributed by atoms with Crippen molar-refractivity contribution in [1.29, 1.82) is 0 Å². The molecule has 0 saturated carbocycles. The smallest absolute Gasteiger partial charge is 0.0449 e. The molecule has 38 valence electrons. The molecular weight excluding hydrogens is 86.1 g/mol. The molecule has 1 rings (SSSR count). The van der Waals surface area contributed by atoms with Gasteiger partial charge in [-0.25, -0.2) is 0 Å². The van der Waals surface area contributed by atoms with Crippen molar-refractivity contribution in [2.24, 2.45) is 10.9 Å². The molecule has 0 spiro atoms. The van der Waals surface area contributed by atoms with E-state index in [1.54, 1.807) is 0 Å². The highest BCUT2D eigenvalue weighted by Crippen LogP contribution is 1.99. The average Bonchev–Trinajstić information content (AvgIpc) is 1.69. The maximum atomic E-state index is 4.05. The van der Waals surface area contributed by atoms with Gasteiger partial charge < -0.3 is 0 Å². The molecule has 0 aromatic carbocycles. The fraction of sp³-hybridized carbons (Fsp3) is 0.500. The van der Waals surface area contributed by atoms with Gasteiger partial charge in [-0.2, -0.15) is 0 Å². The second-order valence-electron chi connectivity index (χ2n) is 1.88. The van der Waals surface area contributed by atoms with Crippen LogP contribution in [-0.4, -0.2) is 12.8 Å². The molecule has 1 heterocycles. The zero-order chi connectivity index (χ0) is 5.11. The quantitative estimate of drug-likeness (QED) is 0.429. The van der Waals surface area contributed by atoms with E-state index in [4.69, 9.17) is 0 Å². The van der Waals surface area contributed by atoms with Crippen molar-refractivity contribution in [3.8, 4) is 0 Å². The fourth-order valence-corrected chi connectivity index (χ4v) is 0.588. The second-order valence-corrected chi connectivity index (χ2v) is 1.88. The summed E-state index contributed by atoms with van der Waals surface area (Å²) in [5.74, 6) is 0.657.